The van der Waals surface area contributed by atoms with Crippen LogP contribution in [0.15, 0.2) is 65.6 Å². The summed E-state index contributed by atoms with van der Waals surface area (Å²) in [4.78, 5) is 0. The van der Waals surface area contributed by atoms with Gasteiger partial charge in [0, 0.05) is 16.1 Å². The Morgan fingerprint density at radius 1 is 0.955 bits per heavy atom. The molecule has 1 aromatic heterocycles. The first kappa shape index (κ1) is 14.4. The Hall–Kier alpha value is -2.59. The highest BCUT2D eigenvalue weighted by Gasteiger charge is 2.10. The molecule has 4 nitrogen and oxygen atoms in total. The molecule has 22 heavy (non-hydrogen) atoms. The summed E-state index contributed by atoms with van der Waals surface area (Å²) in [5.41, 5.74) is 1.66. The van der Waals surface area contributed by atoms with Crippen LogP contribution in [0, 0.1) is 0 Å². The maximum atomic E-state index is 5.87. The first-order valence-electron chi connectivity index (χ1n) is 6.70. The van der Waals surface area contributed by atoms with Gasteiger partial charge in [-0.3, -0.25) is 0 Å². The Morgan fingerprint density at radius 2 is 1.50 bits per heavy atom. The second-order valence-corrected chi connectivity index (χ2v) is 4.98. The Bertz CT molecular complexity index is 764. The summed E-state index contributed by atoms with van der Waals surface area (Å²) in [6.45, 7) is 4.08. The minimum atomic E-state index is 0.457. The Balaban J connectivity index is 1.81. The average Bonchev–Trinajstić information content (AvgIpc) is 3.04. The van der Waals surface area contributed by atoms with Crippen LogP contribution in [0.3, 0.4) is 0 Å². The molecule has 0 fully saturated rings. The van der Waals surface area contributed by atoms with Gasteiger partial charge in [0.1, 0.15) is 12.4 Å². The van der Waals surface area contributed by atoms with Crippen molar-refractivity contribution in [3.05, 3.63) is 66.2 Å². The van der Waals surface area contributed by atoms with E-state index in [1.54, 1.807) is 18.2 Å². The van der Waals surface area contributed by atoms with Gasteiger partial charge in [-0.05, 0) is 48.5 Å². The van der Waals surface area contributed by atoms with Crippen molar-refractivity contribution < 1.29 is 9.15 Å². The van der Waals surface area contributed by atoms with Gasteiger partial charge in [0.25, 0.3) is 0 Å². The van der Waals surface area contributed by atoms with E-state index < -0.39 is 0 Å². The van der Waals surface area contributed by atoms with Crippen molar-refractivity contribution in [3.8, 4) is 28.7 Å². The van der Waals surface area contributed by atoms with E-state index in [4.69, 9.17) is 20.8 Å². The van der Waals surface area contributed by atoms with Crippen molar-refractivity contribution in [3.63, 3.8) is 0 Å². The van der Waals surface area contributed by atoms with Gasteiger partial charge in [-0.2, -0.15) is 0 Å². The van der Waals surface area contributed by atoms with Crippen molar-refractivity contribution in [1.82, 2.24) is 10.2 Å². The molecule has 3 aromatic rings. The lowest BCUT2D eigenvalue weighted by Crippen LogP contribution is -1.92. The molecule has 1 heterocycles. The topological polar surface area (TPSA) is 48.2 Å². The molecular weight excluding hydrogens is 300 g/mol. The molecule has 0 amide bonds. The lowest BCUT2D eigenvalue weighted by Gasteiger charge is -2.02. The highest BCUT2D eigenvalue weighted by atomic mass is 35.5. The third kappa shape index (κ3) is 3.18. The monoisotopic (exact) mass is 312 g/mol. The Labute approximate surface area is 133 Å². The third-order valence-corrected chi connectivity index (χ3v) is 3.24. The second-order valence-electron chi connectivity index (χ2n) is 4.54. The third-order valence-electron chi connectivity index (χ3n) is 2.99. The van der Waals surface area contributed by atoms with Crippen molar-refractivity contribution in [1.29, 1.82) is 0 Å². The quantitative estimate of drug-likeness (QED) is 0.645. The average molecular weight is 313 g/mol. The van der Waals surface area contributed by atoms with Gasteiger partial charge in [-0.1, -0.05) is 24.3 Å². The molecule has 0 bridgehead atoms. The van der Waals surface area contributed by atoms with Gasteiger partial charge < -0.3 is 9.15 Å². The SMILES string of the molecule is C=CCOc1ccc(-c2nnc(-c3ccc(Cl)cc3)o2)cc1. The van der Waals surface area contributed by atoms with E-state index in [1.165, 1.54) is 0 Å². The van der Waals surface area contributed by atoms with Gasteiger partial charge in [-0.25, -0.2) is 0 Å². The lowest BCUT2D eigenvalue weighted by molar-refractivity contribution is 0.363. The molecule has 0 N–H and O–H groups in total. The minimum absolute atomic E-state index is 0.457. The highest BCUT2D eigenvalue weighted by molar-refractivity contribution is 6.30. The standard InChI is InChI=1S/C17H13ClN2O2/c1-2-11-21-15-9-5-13(6-10-15)17-20-19-16(22-17)12-3-7-14(18)8-4-12/h2-10H,1,11H2. The summed E-state index contributed by atoms with van der Waals surface area (Å²) in [6, 6.07) is 14.7. The van der Waals surface area contributed by atoms with Crippen LogP contribution in [-0.2, 0) is 0 Å². The van der Waals surface area contributed by atoms with Crippen LogP contribution in [0.5, 0.6) is 5.75 Å². The first-order chi connectivity index (χ1) is 10.8. The van der Waals surface area contributed by atoms with Crippen LogP contribution in [0.4, 0.5) is 0 Å². The molecule has 0 atom stereocenters. The molecule has 3 rings (SSSR count). The summed E-state index contributed by atoms with van der Waals surface area (Å²) in [7, 11) is 0. The minimum Gasteiger partial charge on any atom is -0.490 e. The summed E-state index contributed by atoms with van der Waals surface area (Å²) in [6.07, 6.45) is 1.70. The van der Waals surface area contributed by atoms with E-state index in [9.17, 15) is 0 Å². The van der Waals surface area contributed by atoms with Crippen molar-refractivity contribution >= 4 is 11.6 Å². The van der Waals surface area contributed by atoms with Crippen LogP contribution in [0.1, 0.15) is 0 Å². The number of nitrogens with zero attached hydrogens (tertiary/aromatic N) is 2. The predicted octanol–water partition coefficient (Wildman–Crippen LogP) is 4.62. The van der Waals surface area contributed by atoms with E-state index in [1.807, 2.05) is 36.4 Å². The number of rotatable bonds is 5. The molecule has 5 heteroatoms. The molecule has 0 unspecified atom stereocenters. The van der Waals surface area contributed by atoms with Gasteiger partial charge in [0.05, 0.1) is 0 Å². The predicted molar refractivity (Wildman–Crippen MR) is 85.9 cm³/mol. The molecule has 0 radical (unpaired) electrons. The highest BCUT2D eigenvalue weighted by Crippen LogP contribution is 2.26. The first-order valence-corrected chi connectivity index (χ1v) is 7.07. The van der Waals surface area contributed by atoms with Crippen molar-refractivity contribution in [2.24, 2.45) is 0 Å². The van der Waals surface area contributed by atoms with Crippen LogP contribution in [-0.4, -0.2) is 16.8 Å². The smallest absolute Gasteiger partial charge is 0.248 e. The van der Waals surface area contributed by atoms with Gasteiger partial charge in [-0.15, -0.1) is 10.2 Å². The van der Waals surface area contributed by atoms with Gasteiger partial charge >= 0.3 is 0 Å². The normalized spacial score (nSPS) is 10.4. The molecule has 0 saturated heterocycles. The fourth-order valence-corrected chi connectivity index (χ4v) is 2.02. The maximum Gasteiger partial charge on any atom is 0.248 e. The number of benzene rings is 2. The zero-order chi connectivity index (χ0) is 15.4. The largest absolute Gasteiger partial charge is 0.490 e. The fourth-order valence-electron chi connectivity index (χ4n) is 1.90. The molecule has 0 aliphatic rings. The molecular formula is C17H13ClN2O2. The maximum absolute atomic E-state index is 5.87. The van der Waals surface area contributed by atoms with E-state index in [0.717, 1.165) is 16.9 Å². The van der Waals surface area contributed by atoms with Gasteiger partial charge in [0.2, 0.25) is 11.8 Å². The number of halogens is 1. The number of hydrogen-bond acceptors (Lipinski definition) is 4. The van der Waals surface area contributed by atoms with Gasteiger partial charge in [0.15, 0.2) is 0 Å². The molecule has 2 aromatic carbocycles. The van der Waals surface area contributed by atoms with Crippen molar-refractivity contribution in [2.75, 3.05) is 6.61 Å². The summed E-state index contributed by atoms with van der Waals surface area (Å²) in [5, 5.41) is 8.80. The number of aromatic nitrogens is 2. The van der Waals surface area contributed by atoms with E-state index in [0.29, 0.717) is 23.4 Å². The fraction of sp³-hybridized carbons (Fsp3) is 0.0588. The number of ether oxygens (including phenoxy) is 1. The summed E-state index contributed by atoms with van der Waals surface area (Å²) >= 11 is 5.87. The zero-order valence-corrected chi connectivity index (χ0v) is 12.5. The number of hydrogen-bond donors (Lipinski definition) is 0. The molecule has 0 aliphatic carbocycles. The van der Waals surface area contributed by atoms with E-state index in [-0.39, 0.29) is 0 Å². The summed E-state index contributed by atoms with van der Waals surface area (Å²) in [5.74, 6) is 1.68. The lowest BCUT2D eigenvalue weighted by atomic mass is 10.2. The zero-order valence-electron chi connectivity index (χ0n) is 11.7. The van der Waals surface area contributed by atoms with Crippen molar-refractivity contribution in [2.45, 2.75) is 0 Å². The molecule has 110 valence electrons. The van der Waals surface area contributed by atoms with Crippen LogP contribution in [0.25, 0.3) is 22.9 Å². The van der Waals surface area contributed by atoms with Crippen LogP contribution >= 0.6 is 11.6 Å². The second kappa shape index (κ2) is 6.45. The molecule has 0 aliphatic heterocycles. The molecule has 0 saturated carbocycles. The Kier molecular flexibility index (Phi) is 4.21. The van der Waals surface area contributed by atoms with E-state index in [2.05, 4.69) is 16.8 Å². The van der Waals surface area contributed by atoms with Crippen LogP contribution in [0.2, 0.25) is 5.02 Å². The Morgan fingerprint density at radius 3 is 2.05 bits per heavy atom. The van der Waals surface area contributed by atoms with Crippen LogP contribution < -0.4 is 4.74 Å². The molecule has 0 spiro atoms. The van der Waals surface area contributed by atoms with E-state index >= 15 is 0 Å². The summed E-state index contributed by atoms with van der Waals surface area (Å²) < 4.78 is 11.1.